The van der Waals surface area contributed by atoms with Crippen LogP contribution < -0.4 is 4.90 Å². The van der Waals surface area contributed by atoms with Crippen LogP contribution in [0.2, 0.25) is 0 Å². The standard InChI is InChI=1S/C14H17NO4/c1-18-14(17)6-5-11-3-2-4-12(9-11)15-7-8-19-10-13(15)16/h2-4,9H,5-8,10H2,1H3. The second-order valence-corrected chi connectivity index (χ2v) is 4.34. The van der Waals surface area contributed by atoms with Crippen molar-refractivity contribution in [3.63, 3.8) is 0 Å². The number of hydrogen-bond acceptors (Lipinski definition) is 4. The van der Waals surface area contributed by atoms with E-state index in [1.807, 2.05) is 24.3 Å². The molecule has 102 valence electrons. The summed E-state index contributed by atoms with van der Waals surface area (Å²) in [5.74, 6) is -0.260. The van der Waals surface area contributed by atoms with E-state index < -0.39 is 0 Å². The van der Waals surface area contributed by atoms with Crippen LogP contribution in [0.25, 0.3) is 0 Å². The van der Waals surface area contributed by atoms with E-state index in [-0.39, 0.29) is 18.5 Å². The van der Waals surface area contributed by atoms with Gasteiger partial charge in [0, 0.05) is 18.7 Å². The molecule has 1 aliphatic heterocycles. The number of hydrogen-bond donors (Lipinski definition) is 0. The lowest BCUT2D eigenvalue weighted by Gasteiger charge is -2.27. The molecule has 0 atom stereocenters. The van der Waals surface area contributed by atoms with Crippen LogP contribution in [0.1, 0.15) is 12.0 Å². The third-order valence-electron chi connectivity index (χ3n) is 3.05. The second kappa shape index (κ2) is 6.33. The molecule has 1 aromatic carbocycles. The van der Waals surface area contributed by atoms with Gasteiger partial charge < -0.3 is 14.4 Å². The molecular formula is C14H17NO4. The Hall–Kier alpha value is -1.88. The molecule has 1 heterocycles. The SMILES string of the molecule is COC(=O)CCc1cccc(N2CCOCC2=O)c1. The maximum atomic E-state index is 11.7. The van der Waals surface area contributed by atoms with Crippen molar-refractivity contribution in [2.75, 3.05) is 31.8 Å². The molecule has 1 aromatic rings. The summed E-state index contributed by atoms with van der Waals surface area (Å²) in [5.41, 5.74) is 1.87. The molecule has 0 aliphatic carbocycles. The van der Waals surface area contributed by atoms with E-state index >= 15 is 0 Å². The molecule has 5 nitrogen and oxygen atoms in total. The molecule has 1 amide bonds. The minimum absolute atomic E-state index is 0.0311. The summed E-state index contributed by atoms with van der Waals surface area (Å²) in [7, 11) is 1.38. The average Bonchev–Trinajstić information content (AvgIpc) is 2.45. The van der Waals surface area contributed by atoms with Crippen molar-refractivity contribution in [2.45, 2.75) is 12.8 Å². The fraction of sp³-hybridized carbons (Fsp3) is 0.429. The van der Waals surface area contributed by atoms with Crippen LogP contribution in [0.5, 0.6) is 0 Å². The molecule has 0 saturated carbocycles. The number of benzene rings is 1. The molecule has 0 N–H and O–H groups in total. The van der Waals surface area contributed by atoms with Gasteiger partial charge in [-0.3, -0.25) is 9.59 Å². The number of carbonyl (C=O) groups excluding carboxylic acids is 2. The van der Waals surface area contributed by atoms with Crippen LogP contribution in [-0.2, 0) is 25.5 Å². The molecular weight excluding hydrogens is 246 g/mol. The Kier molecular flexibility index (Phi) is 4.52. The van der Waals surface area contributed by atoms with Gasteiger partial charge >= 0.3 is 5.97 Å². The molecule has 1 saturated heterocycles. The first-order chi connectivity index (χ1) is 9.20. The Morgan fingerprint density at radius 1 is 1.47 bits per heavy atom. The lowest BCUT2D eigenvalue weighted by Crippen LogP contribution is -2.41. The van der Waals surface area contributed by atoms with Crippen molar-refractivity contribution in [1.29, 1.82) is 0 Å². The summed E-state index contributed by atoms with van der Waals surface area (Å²) < 4.78 is 9.72. The van der Waals surface area contributed by atoms with Gasteiger partial charge in [-0.15, -0.1) is 0 Å². The summed E-state index contributed by atoms with van der Waals surface area (Å²) >= 11 is 0. The topological polar surface area (TPSA) is 55.8 Å². The zero-order valence-corrected chi connectivity index (χ0v) is 10.9. The summed E-state index contributed by atoms with van der Waals surface area (Å²) in [6.45, 7) is 1.25. The average molecular weight is 263 g/mol. The van der Waals surface area contributed by atoms with Crippen LogP contribution in [-0.4, -0.2) is 38.7 Å². The van der Waals surface area contributed by atoms with E-state index in [1.54, 1.807) is 4.90 Å². The van der Waals surface area contributed by atoms with Crippen LogP contribution >= 0.6 is 0 Å². The molecule has 0 unspecified atom stereocenters. The highest BCUT2D eigenvalue weighted by molar-refractivity contribution is 5.94. The predicted octanol–water partition coefficient (Wildman–Crippen LogP) is 1.16. The van der Waals surface area contributed by atoms with Gasteiger partial charge in [-0.1, -0.05) is 12.1 Å². The van der Waals surface area contributed by atoms with Crippen molar-refractivity contribution in [3.8, 4) is 0 Å². The number of methoxy groups -OCH3 is 1. The van der Waals surface area contributed by atoms with Gasteiger partial charge in [0.1, 0.15) is 6.61 Å². The molecule has 0 spiro atoms. The van der Waals surface area contributed by atoms with Crippen LogP contribution in [0.3, 0.4) is 0 Å². The first-order valence-electron chi connectivity index (χ1n) is 6.24. The van der Waals surface area contributed by atoms with Crippen molar-refractivity contribution >= 4 is 17.6 Å². The van der Waals surface area contributed by atoms with E-state index in [0.29, 0.717) is 26.0 Å². The van der Waals surface area contributed by atoms with Gasteiger partial charge in [-0.2, -0.15) is 0 Å². The van der Waals surface area contributed by atoms with E-state index in [2.05, 4.69) is 4.74 Å². The highest BCUT2D eigenvalue weighted by atomic mass is 16.5. The highest BCUT2D eigenvalue weighted by Gasteiger charge is 2.20. The predicted molar refractivity (Wildman–Crippen MR) is 70.0 cm³/mol. The number of rotatable bonds is 4. The largest absolute Gasteiger partial charge is 0.469 e. The smallest absolute Gasteiger partial charge is 0.305 e. The van der Waals surface area contributed by atoms with E-state index in [4.69, 9.17) is 4.74 Å². The van der Waals surface area contributed by atoms with Gasteiger partial charge in [0.25, 0.3) is 5.91 Å². The fourth-order valence-corrected chi connectivity index (χ4v) is 2.02. The summed E-state index contributed by atoms with van der Waals surface area (Å²) in [6.07, 6.45) is 0.954. The Labute approximate surface area is 112 Å². The number of amides is 1. The molecule has 1 aliphatic rings. The van der Waals surface area contributed by atoms with Crippen molar-refractivity contribution in [2.24, 2.45) is 0 Å². The lowest BCUT2D eigenvalue weighted by molar-refractivity contribution is -0.140. The summed E-state index contributed by atoms with van der Waals surface area (Å²) in [4.78, 5) is 24.6. The van der Waals surface area contributed by atoms with Gasteiger partial charge in [-0.05, 0) is 24.1 Å². The lowest BCUT2D eigenvalue weighted by atomic mass is 10.1. The van der Waals surface area contributed by atoms with Crippen LogP contribution in [0.15, 0.2) is 24.3 Å². The quantitative estimate of drug-likeness (QED) is 0.765. The maximum Gasteiger partial charge on any atom is 0.305 e. The number of aryl methyl sites for hydroxylation is 1. The minimum atomic E-state index is -0.229. The Balaban J connectivity index is 2.06. The monoisotopic (exact) mass is 263 g/mol. The number of morpholine rings is 1. The third-order valence-corrected chi connectivity index (χ3v) is 3.05. The van der Waals surface area contributed by atoms with E-state index in [1.165, 1.54) is 7.11 Å². The van der Waals surface area contributed by atoms with E-state index in [0.717, 1.165) is 11.3 Å². The number of carbonyl (C=O) groups is 2. The molecule has 1 fully saturated rings. The molecule has 0 radical (unpaired) electrons. The number of nitrogens with zero attached hydrogens (tertiary/aromatic N) is 1. The molecule has 2 rings (SSSR count). The molecule has 0 bridgehead atoms. The minimum Gasteiger partial charge on any atom is -0.469 e. The maximum absolute atomic E-state index is 11.7. The Bertz CT molecular complexity index is 472. The van der Waals surface area contributed by atoms with Crippen molar-refractivity contribution in [3.05, 3.63) is 29.8 Å². The zero-order chi connectivity index (χ0) is 13.7. The number of anilines is 1. The summed E-state index contributed by atoms with van der Waals surface area (Å²) in [6, 6.07) is 7.67. The van der Waals surface area contributed by atoms with Gasteiger partial charge in [0.05, 0.1) is 13.7 Å². The van der Waals surface area contributed by atoms with Crippen molar-refractivity contribution < 1.29 is 19.1 Å². The highest BCUT2D eigenvalue weighted by Crippen LogP contribution is 2.19. The number of ether oxygens (including phenoxy) is 2. The molecule has 0 aromatic heterocycles. The first kappa shape index (κ1) is 13.5. The summed E-state index contributed by atoms with van der Waals surface area (Å²) in [5, 5.41) is 0. The molecule has 19 heavy (non-hydrogen) atoms. The van der Waals surface area contributed by atoms with Gasteiger partial charge in [0.15, 0.2) is 0 Å². The van der Waals surface area contributed by atoms with E-state index in [9.17, 15) is 9.59 Å². The normalized spacial score (nSPS) is 15.4. The molecule has 5 heteroatoms. The van der Waals surface area contributed by atoms with Crippen molar-refractivity contribution in [1.82, 2.24) is 0 Å². The fourth-order valence-electron chi connectivity index (χ4n) is 2.02. The van der Waals surface area contributed by atoms with Crippen LogP contribution in [0.4, 0.5) is 5.69 Å². The Morgan fingerprint density at radius 3 is 3.05 bits per heavy atom. The van der Waals surface area contributed by atoms with Gasteiger partial charge in [-0.25, -0.2) is 0 Å². The Morgan fingerprint density at radius 2 is 2.32 bits per heavy atom. The third kappa shape index (κ3) is 3.54. The second-order valence-electron chi connectivity index (χ2n) is 4.34. The van der Waals surface area contributed by atoms with Gasteiger partial charge in [0.2, 0.25) is 0 Å². The van der Waals surface area contributed by atoms with Crippen LogP contribution in [0, 0.1) is 0 Å². The first-order valence-corrected chi connectivity index (χ1v) is 6.24. The number of esters is 1. The zero-order valence-electron chi connectivity index (χ0n) is 10.9.